The fraction of sp³-hybridized carbons (Fsp3) is 0.400. The largest absolute Gasteiger partial charge is 0.301 e. The summed E-state index contributed by atoms with van der Waals surface area (Å²) in [6.07, 6.45) is 3.10. The van der Waals surface area contributed by atoms with Crippen molar-refractivity contribution < 1.29 is 0 Å². The Morgan fingerprint density at radius 2 is 1.86 bits per heavy atom. The van der Waals surface area contributed by atoms with E-state index in [1.807, 2.05) is 13.0 Å². The molecule has 0 bridgehead atoms. The van der Waals surface area contributed by atoms with Gasteiger partial charge in [-0.3, -0.25) is 0 Å². The Kier molecular flexibility index (Phi) is 7.12. The molecule has 1 atom stereocenters. The van der Waals surface area contributed by atoms with Crippen LogP contribution in [-0.2, 0) is 6.54 Å². The number of benzene rings is 1. The minimum Gasteiger partial charge on any atom is -0.301 e. The smallest absolute Gasteiger partial charge is 0.0363 e. The highest BCUT2D eigenvalue weighted by atomic mass is 35.5. The second-order valence-electron chi connectivity index (χ2n) is 6.33. The van der Waals surface area contributed by atoms with Crippen LogP contribution in [-0.4, -0.2) is 18.5 Å². The Labute approximate surface area is 141 Å². The lowest BCUT2D eigenvalue weighted by molar-refractivity contribution is 0.216. The Hall–Kier alpha value is -1.31. The Morgan fingerprint density at radius 3 is 2.36 bits per heavy atom. The third-order valence-electron chi connectivity index (χ3n) is 4.29. The van der Waals surface area contributed by atoms with Crippen LogP contribution < -0.4 is 0 Å². The molecule has 0 amide bonds. The zero-order chi connectivity index (χ0) is 16.8. The Balaban J connectivity index is 2.79. The fourth-order valence-corrected chi connectivity index (χ4v) is 2.56. The molecule has 0 heterocycles. The summed E-state index contributed by atoms with van der Waals surface area (Å²) in [4.78, 5) is 2.35. The Bertz CT molecular complexity index is 544. The van der Waals surface area contributed by atoms with E-state index >= 15 is 0 Å². The van der Waals surface area contributed by atoms with Crippen LogP contribution in [0.2, 0.25) is 0 Å². The van der Waals surface area contributed by atoms with E-state index in [0.717, 1.165) is 30.7 Å². The van der Waals surface area contributed by atoms with Crippen LogP contribution in [0.3, 0.4) is 0 Å². The zero-order valence-corrected chi connectivity index (χ0v) is 15.1. The van der Waals surface area contributed by atoms with E-state index in [-0.39, 0.29) is 5.41 Å². The van der Waals surface area contributed by atoms with Gasteiger partial charge in [0.25, 0.3) is 0 Å². The highest BCUT2D eigenvalue weighted by Crippen LogP contribution is 2.33. The predicted octanol–water partition coefficient (Wildman–Crippen LogP) is 5.79. The number of nitrogens with zero attached hydrogens (tertiary/aromatic N) is 1. The van der Waals surface area contributed by atoms with Gasteiger partial charge in [-0.15, -0.1) is 0 Å². The van der Waals surface area contributed by atoms with Crippen molar-refractivity contribution in [2.45, 2.75) is 33.7 Å². The summed E-state index contributed by atoms with van der Waals surface area (Å²) in [5, 5.41) is 0.581. The molecule has 22 heavy (non-hydrogen) atoms. The summed E-state index contributed by atoms with van der Waals surface area (Å²) in [7, 11) is 2.16. The van der Waals surface area contributed by atoms with Crippen molar-refractivity contribution in [3.63, 3.8) is 0 Å². The summed E-state index contributed by atoms with van der Waals surface area (Å²) >= 11 is 5.96. The van der Waals surface area contributed by atoms with E-state index in [1.54, 1.807) is 0 Å². The van der Waals surface area contributed by atoms with Gasteiger partial charge in [0, 0.05) is 23.5 Å². The number of hydrogen-bond acceptors (Lipinski definition) is 1. The molecule has 1 unspecified atom stereocenters. The van der Waals surface area contributed by atoms with E-state index in [2.05, 4.69) is 69.3 Å². The first-order chi connectivity index (χ1) is 10.3. The third kappa shape index (κ3) is 5.47. The molecule has 1 nitrogen and oxygen atoms in total. The van der Waals surface area contributed by atoms with Crippen molar-refractivity contribution in [3.05, 3.63) is 71.3 Å². The van der Waals surface area contributed by atoms with Gasteiger partial charge in [0.15, 0.2) is 0 Å². The maximum Gasteiger partial charge on any atom is 0.0363 e. The van der Waals surface area contributed by atoms with Crippen LogP contribution in [0.15, 0.2) is 65.7 Å². The van der Waals surface area contributed by atoms with Crippen molar-refractivity contribution in [1.29, 1.82) is 0 Å². The van der Waals surface area contributed by atoms with Crippen molar-refractivity contribution in [2.75, 3.05) is 13.6 Å². The van der Waals surface area contributed by atoms with Gasteiger partial charge < -0.3 is 4.90 Å². The second kappa shape index (κ2) is 8.36. The molecule has 0 radical (unpaired) electrons. The lowest BCUT2D eigenvalue weighted by Crippen LogP contribution is -2.33. The maximum absolute atomic E-state index is 5.96. The summed E-state index contributed by atoms with van der Waals surface area (Å²) in [5.74, 6) is 0. The summed E-state index contributed by atoms with van der Waals surface area (Å²) < 4.78 is 0. The van der Waals surface area contributed by atoms with Gasteiger partial charge in [-0.05, 0) is 37.1 Å². The van der Waals surface area contributed by atoms with Crippen molar-refractivity contribution >= 4 is 11.6 Å². The van der Waals surface area contributed by atoms with E-state index < -0.39 is 0 Å². The molecule has 120 valence electrons. The second-order valence-corrected chi connectivity index (χ2v) is 6.79. The number of rotatable bonds is 8. The number of hydrogen-bond donors (Lipinski definition) is 0. The SMILES string of the molecule is C=C(Cl)/C(C)=C\C(=C)C(C)(CC)CN(C)Cc1ccccc1. The average Bonchev–Trinajstić information content (AvgIpc) is 2.47. The molecule has 0 N–H and O–H groups in total. The minimum atomic E-state index is 0.0249. The average molecular weight is 318 g/mol. The first kappa shape index (κ1) is 18.7. The first-order valence-corrected chi connectivity index (χ1v) is 8.11. The minimum absolute atomic E-state index is 0.0249. The molecule has 0 saturated heterocycles. The van der Waals surface area contributed by atoms with E-state index in [4.69, 9.17) is 11.6 Å². The number of allylic oxidation sites excluding steroid dienone is 3. The standard InChI is InChI=1S/C20H28ClN/c1-7-20(5,17(3)13-16(2)18(4)21)15-22(6)14-19-11-9-8-10-12-19/h8-13H,3-4,7,14-15H2,1-2,5-6H3/b16-13-. The van der Waals surface area contributed by atoms with E-state index in [9.17, 15) is 0 Å². The van der Waals surface area contributed by atoms with Crippen LogP contribution >= 0.6 is 11.6 Å². The molecule has 1 rings (SSSR count). The highest BCUT2D eigenvalue weighted by molar-refractivity contribution is 6.31. The van der Waals surface area contributed by atoms with Gasteiger partial charge >= 0.3 is 0 Å². The maximum atomic E-state index is 5.96. The topological polar surface area (TPSA) is 3.24 Å². The predicted molar refractivity (Wildman–Crippen MR) is 99.1 cm³/mol. The van der Waals surface area contributed by atoms with Crippen LogP contribution in [0.25, 0.3) is 0 Å². The molecule has 0 aliphatic rings. The molecule has 0 aliphatic heterocycles. The molecule has 0 aliphatic carbocycles. The molecule has 2 heteroatoms. The Morgan fingerprint density at radius 1 is 1.27 bits per heavy atom. The molecule has 0 spiro atoms. The fourth-order valence-electron chi connectivity index (χ4n) is 2.50. The molecule has 1 aromatic carbocycles. The first-order valence-electron chi connectivity index (χ1n) is 7.73. The van der Waals surface area contributed by atoms with Gasteiger partial charge in [0.05, 0.1) is 0 Å². The van der Waals surface area contributed by atoms with Gasteiger partial charge in [0.1, 0.15) is 0 Å². The van der Waals surface area contributed by atoms with E-state index in [1.165, 1.54) is 5.56 Å². The molecular weight excluding hydrogens is 290 g/mol. The molecule has 1 aromatic rings. The van der Waals surface area contributed by atoms with Crippen LogP contribution in [0, 0.1) is 5.41 Å². The molecular formula is C20H28ClN. The van der Waals surface area contributed by atoms with Crippen molar-refractivity contribution in [1.82, 2.24) is 4.90 Å². The molecule has 0 aromatic heterocycles. The monoisotopic (exact) mass is 317 g/mol. The van der Waals surface area contributed by atoms with E-state index in [0.29, 0.717) is 5.03 Å². The normalized spacial score (nSPS) is 14.7. The highest BCUT2D eigenvalue weighted by Gasteiger charge is 2.26. The molecule has 0 fully saturated rings. The van der Waals surface area contributed by atoms with Gasteiger partial charge in [-0.1, -0.05) is 75.0 Å². The lowest BCUT2D eigenvalue weighted by atomic mass is 9.79. The molecule has 0 saturated carbocycles. The quantitative estimate of drug-likeness (QED) is 0.548. The van der Waals surface area contributed by atoms with Crippen molar-refractivity contribution in [3.8, 4) is 0 Å². The number of halogens is 1. The third-order valence-corrected chi connectivity index (χ3v) is 4.59. The summed E-state index contributed by atoms with van der Waals surface area (Å²) in [6.45, 7) is 16.4. The van der Waals surface area contributed by atoms with Gasteiger partial charge in [0.2, 0.25) is 0 Å². The summed E-state index contributed by atoms with van der Waals surface area (Å²) in [6, 6.07) is 10.5. The lowest BCUT2D eigenvalue weighted by Gasteiger charge is -2.34. The zero-order valence-electron chi connectivity index (χ0n) is 14.3. The van der Waals surface area contributed by atoms with Crippen LogP contribution in [0.5, 0.6) is 0 Å². The van der Waals surface area contributed by atoms with Crippen LogP contribution in [0.4, 0.5) is 0 Å². The summed E-state index contributed by atoms with van der Waals surface area (Å²) in [5.41, 5.74) is 3.44. The van der Waals surface area contributed by atoms with Gasteiger partial charge in [-0.2, -0.15) is 0 Å². The van der Waals surface area contributed by atoms with Crippen molar-refractivity contribution in [2.24, 2.45) is 5.41 Å². The van der Waals surface area contributed by atoms with Gasteiger partial charge in [-0.25, -0.2) is 0 Å². The van der Waals surface area contributed by atoms with Crippen LogP contribution in [0.1, 0.15) is 32.8 Å².